The Kier molecular flexibility index (Phi) is 2.50. The molecule has 0 spiro atoms. The fourth-order valence-corrected chi connectivity index (χ4v) is 2.43. The van der Waals surface area contributed by atoms with Crippen molar-refractivity contribution in [3.05, 3.63) is 34.9 Å². The molecule has 2 heterocycles. The number of hydrogen-bond donors (Lipinski definition) is 1. The summed E-state index contributed by atoms with van der Waals surface area (Å²) < 4.78 is 5.35. The van der Waals surface area contributed by atoms with E-state index in [2.05, 4.69) is 5.32 Å². The number of Topliss-reactive ketones (excluding diaryl/α,β-unsaturated/α-hetero) is 1. The second kappa shape index (κ2) is 4.00. The van der Waals surface area contributed by atoms with Gasteiger partial charge in [0.15, 0.2) is 5.78 Å². The van der Waals surface area contributed by atoms with Crippen LogP contribution < -0.4 is 5.32 Å². The maximum Gasteiger partial charge on any atom is 0.179 e. The zero-order valence-electron chi connectivity index (χ0n) is 9.16. The van der Waals surface area contributed by atoms with E-state index in [4.69, 9.17) is 4.74 Å². The van der Waals surface area contributed by atoms with E-state index in [1.807, 2.05) is 18.2 Å². The fraction of sp³-hybridized carbons (Fsp3) is 0.462. The summed E-state index contributed by atoms with van der Waals surface area (Å²) in [7, 11) is 0. The molecule has 1 unspecified atom stereocenters. The first kappa shape index (κ1) is 10.00. The van der Waals surface area contributed by atoms with Gasteiger partial charge in [0.2, 0.25) is 0 Å². The van der Waals surface area contributed by atoms with E-state index in [1.54, 1.807) is 0 Å². The summed E-state index contributed by atoms with van der Waals surface area (Å²) in [6, 6.07) is 5.96. The van der Waals surface area contributed by atoms with E-state index in [0.29, 0.717) is 13.2 Å². The third kappa shape index (κ3) is 1.66. The van der Waals surface area contributed by atoms with E-state index in [9.17, 15) is 4.79 Å². The standard InChI is InChI=1S/C13H15NO2/c15-13(12-2-1-5-14-12)9-3-4-10-7-16-8-11(10)6-9/h3-4,6,12,14H,1-2,5,7-8H2. The molecule has 1 atom stereocenters. The fourth-order valence-electron chi connectivity index (χ4n) is 2.43. The largest absolute Gasteiger partial charge is 0.372 e. The topological polar surface area (TPSA) is 38.3 Å². The number of fused-ring (bicyclic) bond motifs is 1. The minimum atomic E-state index is 0.0281. The van der Waals surface area contributed by atoms with Gasteiger partial charge in [0.1, 0.15) is 0 Å². The number of carbonyl (C=O) groups excluding carboxylic acids is 1. The van der Waals surface area contributed by atoms with Gasteiger partial charge in [0.25, 0.3) is 0 Å². The van der Waals surface area contributed by atoms with Gasteiger partial charge in [-0.25, -0.2) is 0 Å². The molecule has 3 nitrogen and oxygen atoms in total. The van der Waals surface area contributed by atoms with Crippen LogP contribution in [0.4, 0.5) is 0 Å². The molecule has 16 heavy (non-hydrogen) atoms. The van der Waals surface area contributed by atoms with Crippen LogP contribution in [0.1, 0.15) is 34.3 Å². The summed E-state index contributed by atoms with van der Waals surface area (Å²) in [5.41, 5.74) is 3.21. The van der Waals surface area contributed by atoms with Crippen LogP contribution in [0.2, 0.25) is 0 Å². The summed E-state index contributed by atoms with van der Waals surface area (Å²) >= 11 is 0. The molecule has 0 amide bonds. The van der Waals surface area contributed by atoms with Crippen LogP contribution in [0, 0.1) is 0 Å². The molecule has 1 fully saturated rings. The van der Waals surface area contributed by atoms with Gasteiger partial charge in [-0.05, 0) is 36.6 Å². The summed E-state index contributed by atoms with van der Waals surface area (Å²) in [4.78, 5) is 12.1. The highest BCUT2D eigenvalue weighted by molar-refractivity contribution is 6.00. The predicted octanol–water partition coefficient (Wildman–Crippen LogP) is 1.65. The Hall–Kier alpha value is -1.19. The molecule has 3 heteroatoms. The number of nitrogens with one attached hydrogen (secondary N) is 1. The van der Waals surface area contributed by atoms with Gasteiger partial charge in [-0.15, -0.1) is 0 Å². The minimum absolute atomic E-state index is 0.0281. The van der Waals surface area contributed by atoms with Crippen molar-refractivity contribution in [3.8, 4) is 0 Å². The Labute approximate surface area is 94.8 Å². The van der Waals surface area contributed by atoms with Crippen molar-refractivity contribution in [2.45, 2.75) is 32.1 Å². The SMILES string of the molecule is O=C(c1ccc2c(c1)COC2)C1CCCN1. The number of ketones is 1. The first-order valence-corrected chi connectivity index (χ1v) is 5.82. The molecule has 2 aliphatic heterocycles. The number of ether oxygens (including phenoxy) is 1. The van der Waals surface area contributed by atoms with E-state index < -0.39 is 0 Å². The quantitative estimate of drug-likeness (QED) is 0.765. The van der Waals surface area contributed by atoms with Crippen LogP contribution in [0.15, 0.2) is 18.2 Å². The highest BCUT2D eigenvalue weighted by Crippen LogP contribution is 2.22. The molecule has 1 aromatic carbocycles. The average molecular weight is 217 g/mol. The summed E-state index contributed by atoms with van der Waals surface area (Å²) in [6.07, 6.45) is 2.07. The zero-order chi connectivity index (χ0) is 11.0. The molecule has 0 radical (unpaired) electrons. The molecule has 84 valence electrons. The number of rotatable bonds is 2. The predicted molar refractivity (Wildman–Crippen MR) is 60.3 cm³/mol. The first-order valence-electron chi connectivity index (χ1n) is 5.82. The third-order valence-corrected chi connectivity index (χ3v) is 3.38. The van der Waals surface area contributed by atoms with Gasteiger partial charge in [0.05, 0.1) is 19.3 Å². The second-order valence-electron chi connectivity index (χ2n) is 4.49. The molecule has 0 saturated carbocycles. The second-order valence-corrected chi connectivity index (χ2v) is 4.49. The molecule has 0 aliphatic carbocycles. The van der Waals surface area contributed by atoms with Gasteiger partial charge in [-0.2, -0.15) is 0 Å². The Morgan fingerprint density at radius 2 is 2.19 bits per heavy atom. The molecular formula is C13H15NO2. The molecule has 1 N–H and O–H groups in total. The highest BCUT2D eigenvalue weighted by Gasteiger charge is 2.24. The van der Waals surface area contributed by atoms with Gasteiger partial charge >= 0.3 is 0 Å². The maximum atomic E-state index is 12.1. The minimum Gasteiger partial charge on any atom is -0.372 e. The molecular weight excluding hydrogens is 202 g/mol. The van der Waals surface area contributed by atoms with Crippen LogP contribution in [0.3, 0.4) is 0 Å². The molecule has 2 aliphatic rings. The van der Waals surface area contributed by atoms with Gasteiger partial charge in [-0.1, -0.05) is 12.1 Å². The molecule has 1 saturated heterocycles. The number of benzene rings is 1. The van der Waals surface area contributed by atoms with Crippen molar-refractivity contribution in [1.82, 2.24) is 5.32 Å². The van der Waals surface area contributed by atoms with Crippen LogP contribution >= 0.6 is 0 Å². The van der Waals surface area contributed by atoms with Crippen LogP contribution in [-0.4, -0.2) is 18.4 Å². The average Bonchev–Trinajstić information content (AvgIpc) is 2.98. The van der Waals surface area contributed by atoms with E-state index in [1.165, 1.54) is 11.1 Å². The smallest absolute Gasteiger partial charge is 0.179 e. The lowest BCUT2D eigenvalue weighted by atomic mass is 9.99. The molecule has 0 aromatic heterocycles. The van der Waals surface area contributed by atoms with Crippen LogP contribution in [0.25, 0.3) is 0 Å². The zero-order valence-corrected chi connectivity index (χ0v) is 9.16. The first-order chi connectivity index (χ1) is 7.84. The monoisotopic (exact) mass is 217 g/mol. The normalized spacial score (nSPS) is 23.4. The maximum absolute atomic E-state index is 12.1. The van der Waals surface area contributed by atoms with Crippen molar-refractivity contribution >= 4 is 5.78 Å². The number of carbonyl (C=O) groups is 1. The van der Waals surface area contributed by atoms with Crippen LogP contribution in [-0.2, 0) is 18.0 Å². The van der Waals surface area contributed by atoms with Crippen LogP contribution in [0.5, 0.6) is 0 Å². The van der Waals surface area contributed by atoms with Crippen molar-refractivity contribution in [3.63, 3.8) is 0 Å². The molecule has 3 rings (SSSR count). The lowest BCUT2D eigenvalue weighted by Crippen LogP contribution is -2.30. The lowest BCUT2D eigenvalue weighted by molar-refractivity contribution is 0.0952. The molecule has 1 aromatic rings. The van der Waals surface area contributed by atoms with Crippen molar-refractivity contribution < 1.29 is 9.53 Å². The van der Waals surface area contributed by atoms with Crippen molar-refractivity contribution in [2.75, 3.05) is 6.54 Å². The lowest BCUT2D eigenvalue weighted by Gasteiger charge is -2.09. The van der Waals surface area contributed by atoms with E-state index in [-0.39, 0.29) is 11.8 Å². The third-order valence-electron chi connectivity index (χ3n) is 3.38. The Balaban J connectivity index is 1.86. The summed E-state index contributed by atoms with van der Waals surface area (Å²) in [5.74, 6) is 0.229. The van der Waals surface area contributed by atoms with Gasteiger partial charge < -0.3 is 10.1 Å². The van der Waals surface area contributed by atoms with E-state index >= 15 is 0 Å². The Bertz CT molecular complexity index is 422. The Morgan fingerprint density at radius 1 is 1.31 bits per heavy atom. The van der Waals surface area contributed by atoms with E-state index in [0.717, 1.165) is 24.9 Å². The Morgan fingerprint density at radius 3 is 3.00 bits per heavy atom. The van der Waals surface area contributed by atoms with Gasteiger partial charge in [0, 0.05) is 5.56 Å². The summed E-state index contributed by atoms with van der Waals surface area (Å²) in [5, 5.41) is 3.24. The number of hydrogen-bond acceptors (Lipinski definition) is 3. The van der Waals surface area contributed by atoms with Crippen molar-refractivity contribution in [2.24, 2.45) is 0 Å². The highest BCUT2D eigenvalue weighted by atomic mass is 16.5. The van der Waals surface area contributed by atoms with Gasteiger partial charge in [-0.3, -0.25) is 4.79 Å². The summed E-state index contributed by atoms with van der Waals surface area (Å²) in [6.45, 7) is 2.30. The molecule has 0 bridgehead atoms. The van der Waals surface area contributed by atoms with Crippen molar-refractivity contribution in [1.29, 1.82) is 0 Å².